The lowest BCUT2D eigenvalue weighted by Crippen LogP contribution is -2.25. The van der Waals surface area contributed by atoms with Gasteiger partial charge in [0.05, 0.1) is 11.5 Å². The predicted molar refractivity (Wildman–Crippen MR) is 84.8 cm³/mol. The molecule has 1 aliphatic heterocycles. The molecule has 0 unspecified atom stereocenters. The quantitative estimate of drug-likeness (QED) is 0.734. The van der Waals surface area contributed by atoms with Crippen LogP contribution < -0.4 is 4.90 Å². The molecule has 108 valence electrons. The van der Waals surface area contributed by atoms with Gasteiger partial charge < -0.3 is 4.90 Å². The molecule has 1 heterocycles. The van der Waals surface area contributed by atoms with Gasteiger partial charge in [-0.2, -0.15) is 5.26 Å². The third-order valence-corrected chi connectivity index (χ3v) is 4.24. The second kappa shape index (κ2) is 6.79. The Kier molecular flexibility index (Phi) is 5.06. The molecule has 20 heavy (non-hydrogen) atoms. The lowest BCUT2D eigenvalue weighted by Gasteiger charge is -2.25. The topological polar surface area (TPSA) is 27.0 Å². The second-order valence-electron chi connectivity index (χ2n) is 6.53. The summed E-state index contributed by atoms with van der Waals surface area (Å²) in [7, 11) is 0. The standard InChI is InChI=1S/C18H26N2/c1-18(2,15-19)12-6-8-14-20-13-7-5-10-16-9-3-4-11-17(16)20/h3-4,9,11H,5-8,10,12-14H2,1-2H3. The van der Waals surface area contributed by atoms with Crippen LogP contribution in [0.5, 0.6) is 0 Å². The Bertz CT molecular complexity index is 471. The molecule has 1 aromatic carbocycles. The highest BCUT2D eigenvalue weighted by Gasteiger charge is 2.17. The number of hydrogen-bond acceptors (Lipinski definition) is 2. The third-order valence-electron chi connectivity index (χ3n) is 4.24. The zero-order valence-electron chi connectivity index (χ0n) is 12.9. The Hall–Kier alpha value is -1.49. The van der Waals surface area contributed by atoms with Crippen LogP contribution in [0.3, 0.4) is 0 Å². The highest BCUT2D eigenvalue weighted by atomic mass is 15.1. The predicted octanol–water partition coefficient (Wildman–Crippen LogP) is 4.55. The number of nitriles is 1. The Balaban J connectivity index is 1.89. The van der Waals surface area contributed by atoms with Crippen molar-refractivity contribution in [3.05, 3.63) is 29.8 Å². The first-order valence-electron chi connectivity index (χ1n) is 7.86. The first-order chi connectivity index (χ1) is 9.62. The zero-order chi connectivity index (χ0) is 14.4. The van der Waals surface area contributed by atoms with Crippen LogP contribution in [0.15, 0.2) is 24.3 Å². The lowest BCUT2D eigenvalue weighted by atomic mass is 9.89. The van der Waals surface area contributed by atoms with Gasteiger partial charge in [-0.3, -0.25) is 0 Å². The smallest absolute Gasteiger partial charge is 0.0683 e. The molecule has 0 saturated heterocycles. The van der Waals surface area contributed by atoms with Crippen LogP contribution >= 0.6 is 0 Å². The molecule has 0 aliphatic carbocycles. The lowest BCUT2D eigenvalue weighted by molar-refractivity contribution is 0.426. The van der Waals surface area contributed by atoms with Crippen molar-refractivity contribution in [2.45, 2.75) is 52.4 Å². The van der Waals surface area contributed by atoms with Gasteiger partial charge in [0.25, 0.3) is 0 Å². The van der Waals surface area contributed by atoms with E-state index in [4.69, 9.17) is 5.26 Å². The summed E-state index contributed by atoms with van der Waals surface area (Å²) < 4.78 is 0. The molecule has 1 aromatic rings. The summed E-state index contributed by atoms with van der Waals surface area (Å²) >= 11 is 0. The fourth-order valence-corrected chi connectivity index (χ4v) is 2.93. The van der Waals surface area contributed by atoms with Crippen molar-refractivity contribution < 1.29 is 0 Å². The van der Waals surface area contributed by atoms with Gasteiger partial charge in [-0.1, -0.05) is 24.6 Å². The van der Waals surface area contributed by atoms with Crippen LogP contribution in [-0.2, 0) is 6.42 Å². The van der Waals surface area contributed by atoms with Crippen LogP contribution in [0.4, 0.5) is 5.69 Å². The van der Waals surface area contributed by atoms with Crippen molar-refractivity contribution in [2.75, 3.05) is 18.0 Å². The molecule has 0 spiro atoms. The van der Waals surface area contributed by atoms with E-state index in [0.29, 0.717) is 0 Å². The number of para-hydroxylation sites is 1. The highest BCUT2D eigenvalue weighted by Crippen LogP contribution is 2.27. The normalized spacial score (nSPS) is 15.3. The molecule has 0 amide bonds. The molecule has 0 fully saturated rings. The molecule has 0 atom stereocenters. The van der Waals surface area contributed by atoms with Crippen molar-refractivity contribution in [1.29, 1.82) is 5.26 Å². The monoisotopic (exact) mass is 270 g/mol. The SMILES string of the molecule is CC(C)(C#N)CCCCN1CCCCc2ccccc21. The Morgan fingerprint density at radius 3 is 2.80 bits per heavy atom. The highest BCUT2D eigenvalue weighted by molar-refractivity contribution is 5.54. The fraction of sp³-hybridized carbons (Fsp3) is 0.611. The Labute approximate surface area is 123 Å². The molecule has 0 N–H and O–H groups in total. The number of fused-ring (bicyclic) bond motifs is 1. The maximum atomic E-state index is 9.05. The van der Waals surface area contributed by atoms with Crippen LogP contribution in [-0.4, -0.2) is 13.1 Å². The van der Waals surface area contributed by atoms with E-state index in [2.05, 4.69) is 35.2 Å². The van der Waals surface area contributed by atoms with E-state index in [0.717, 1.165) is 19.4 Å². The summed E-state index contributed by atoms with van der Waals surface area (Å²) in [6, 6.07) is 11.2. The number of anilines is 1. The first kappa shape index (κ1) is 14.9. The van der Waals surface area contributed by atoms with Gasteiger partial charge in [0.15, 0.2) is 0 Å². The van der Waals surface area contributed by atoms with Crippen LogP contribution in [0.1, 0.15) is 51.5 Å². The van der Waals surface area contributed by atoms with Crippen LogP contribution in [0, 0.1) is 16.7 Å². The number of nitrogens with zero attached hydrogens (tertiary/aromatic N) is 2. The van der Waals surface area contributed by atoms with Crippen LogP contribution in [0.2, 0.25) is 0 Å². The van der Waals surface area contributed by atoms with Gasteiger partial charge in [-0.25, -0.2) is 0 Å². The van der Waals surface area contributed by atoms with Crippen molar-refractivity contribution in [2.24, 2.45) is 5.41 Å². The van der Waals surface area contributed by atoms with E-state index in [1.165, 1.54) is 43.5 Å². The maximum absolute atomic E-state index is 9.05. The summed E-state index contributed by atoms with van der Waals surface area (Å²) in [5.41, 5.74) is 2.77. The average molecular weight is 270 g/mol. The van der Waals surface area contributed by atoms with Crippen molar-refractivity contribution in [1.82, 2.24) is 0 Å². The number of hydrogen-bond donors (Lipinski definition) is 0. The molecule has 0 radical (unpaired) electrons. The molecular weight excluding hydrogens is 244 g/mol. The molecular formula is C18H26N2. The van der Waals surface area contributed by atoms with Gasteiger partial charge in [0, 0.05) is 18.8 Å². The van der Waals surface area contributed by atoms with E-state index in [9.17, 15) is 0 Å². The van der Waals surface area contributed by atoms with Gasteiger partial charge in [0.2, 0.25) is 0 Å². The van der Waals surface area contributed by atoms with E-state index < -0.39 is 0 Å². The van der Waals surface area contributed by atoms with Gasteiger partial charge >= 0.3 is 0 Å². The molecule has 2 nitrogen and oxygen atoms in total. The van der Waals surface area contributed by atoms with Crippen LogP contribution in [0.25, 0.3) is 0 Å². The van der Waals surface area contributed by atoms with E-state index in [1.54, 1.807) is 0 Å². The summed E-state index contributed by atoms with van der Waals surface area (Å²) in [6.07, 6.45) is 7.12. The van der Waals surface area contributed by atoms with Gasteiger partial charge in [-0.15, -0.1) is 0 Å². The summed E-state index contributed by atoms with van der Waals surface area (Å²) in [4.78, 5) is 2.54. The van der Waals surface area contributed by atoms with Gasteiger partial charge in [-0.05, 0) is 57.6 Å². The number of unbranched alkanes of at least 4 members (excludes halogenated alkanes) is 1. The fourth-order valence-electron chi connectivity index (χ4n) is 2.93. The summed E-state index contributed by atoms with van der Waals surface area (Å²) in [5, 5.41) is 9.05. The van der Waals surface area contributed by atoms with Crippen molar-refractivity contribution in [3.8, 4) is 6.07 Å². The Morgan fingerprint density at radius 1 is 1.20 bits per heavy atom. The zero-order valence-corrected chi connectivity index (χ0v) is 12.9. The molecule has 1 aliphatic rings. The minimum absolute atomic E-state index is 0.170. The van der Waals surface area contributed by atoms with Crippen molar-refractivity contribution in [3.63, 3.8) is 0 Å². The third kappa shape index (κ3) is 4.00. The molecule has 0 aromatic heterocycles. The minimum atomic E-state index is -0.170. The molecule has 2 heteroatoms. The van der Waals surface area contributed by atoms with Gasteiger partial charge in [0.1, 0.15) is 0 Å². The second-order valence-corrected chi connectivity index (χ2v) is 6.53. The minimum Gasteiger partial charge on any atom is -0.371 e. The summed E-state index contributed by atoms with van der Waals surface area (Å²) in [5.74, 6) is 0. The average Bonchev–Trinajstić information content (AvgIpc) is 2.66. The maximum Gasteiger partial charge on any atom is 0.0683 e. The van der Waals surface area contributed by atoms with E-state index >= 15 is 0 Å². The molecule has 0 saturated carbocycles. The van der Waals surface area contributed by atoms with Crippen molar-refractivity contribution >= 4 is 5.69 Å². The van der Waals surface area contributed by atoms with E-state index in [1.807, 2.05) is 13.8 Å². The summed E-state index contributed by atoms with van der Waals surface area (Å²) in [6.45, 7) is 6.37. The number of rotatable bonds is 5. The molecule has 2 rings (SSSR count). The Morgan fingerprint density at radius 2 is 2.00 bits per heavy atom. The number of aryl methyl sites for hydroxylation is 1. The molecule has 0 bridgehead atoms. The number of benzene rings is 1. The largest absolute Gasteiger partial charge is 0.371 e. The first-order valence-corrected chi connectivity index (χ1v) is 7.86. The van der Waals surface area contributed by atoms with E-state index in [-0.39, 0.29) is 5.41 Å².